The molecule has 5 nitrogen and oxygen atoms in total. The third-order valence-electron chi connectivity index (χ3n) is 4.34. The average molecular weight is 328 g/mol. The Balaban J connectivity index is 2.01. The number of hydrogen-bond acceptors (Lipinski definition) is 3. The van der Waals surface area contributed by atoms with Gasteiger partial charge in [-0.3, -0.25) is 0 Å². The zero-order valence-electron chi connectivity index (χ0n) is 11.7. The lowest BCUT2D eigenvalue weighted by Crippen LogP contribution is -2.66. The van der Waals surface area contributed by atoms with Crippen molar-refractivity contribution >= 4 is 15.9 Å². The topological polar surface area (TPSA) is 66.5 Å². The molecule has 1 N–H and O–H groups in total. The lowest BCUT2D eigenvalue weighted by Gasteiger charge is -2.44. The summed E-state index contributed by atoms with van der Waals surface area (Å²) in [5.74, 6) is 0. The minimum atomic E-state index is -4.50. The van der Waals surface area contributed by atoms with Gasteiger partial charge in [-0.25, -0.2) is 13.2 Å². The molecule has 0 aromatic heterocycles. The zero-order chi connectivity index (χ0) is 15.9. The van der Waals surface area contributed by atoms with Gasteiger partial charge in [0.2, 0.25) is 0 Å². The highest BCUT2D eigenvalue weighted by molar-refractivity contribution is 7.91. The summed E-state index contributed by atoms with van der Waals surface area (Å²) < 4.78 is 62.3. The van der Waals surface area contributed by atoms with Crippen LogP contribution in [0.2, 0.25) is 0 Å². The third kappa shape index (κ3) is 3.27. The Hall–Kier alpha value is -0.990. The number of nitrogens with one attached hydrogen (secondary N) is 1. The van der Waals surface area contributed by atoms with Crippen LogP contribution in [0, 0.1) is 0 Å². The summed E-state index contributed by atoms with van der Waals surface area (Å²) in [7, 11) is -3.25. The number of nitrogens with zero attached hydrogens (tertiary/aromatic N) is 1. The van der Waals surface area contributed by atoms with Gasteiger partial charge in [0.05, 0.1) is 5.25 Å². The van der Waals surface area contributed by atoms with Crippen LogP contribution in [0.3, 0.4) is 0 Å². The molecule has 1 saturated heterocycles. The number of carbonyl (C=O) groups is 1. The lowest BCUT2D eigenvalue weighted by atomic mass is 9.81. The first kappa shape index (κ1) is 16.4. The number of carbonyl (C=O) groups excluding carboxylic acids is 1. The first-order valence-electron chi connectivity index (χ1n) is 6.88. The number of rotatable bonds is 2. The highest BCUT2D eigenvalue weighted by Crippen LogP contribution is 2.41. The van der Waals surface area contributed by atoms with Gasteiger partial charge in [0.1, 0.15) is 5.54 Å². The van der Waals surface area contributed by atoms with Crippen molar-refractivity contribution in [1.29, 1.82) is 0 Å². The number of alkyl halides is 3. The SMILES string of the molecule is CS(=O)(=O)C1CN(C(=O)NC2(C(F)(F)F)CCCCC2)C1. The van der Waals surface area contributed by atoms with E-state index in [9.17, 15) is 26.4 Å². The van der Waals surface area contributed by atoms with Gasteiger partial charge in [-0.2, -0.15) is 13.2 Å². The molecule has 1 saturated carbocycles. The van der Waals surface area contributed by atoms with Crippen LogP contribution in [0.4, 0.5) is 18.0 Å². The van der Waals surface area contributed by atoms with Crippen molar-refractivity contribution < 1.29 is 26.4 Å². The molecule has 0 aromatic rings. The molecule has 122 valence electrons. The summed E-state index contributed by atoms with van der Waals surface area (Å²) in [6, 6.07) is -0.825. The van der Waals surface area contributed by atoms with Gasteiger partial charge in [0.25, 0.3) is 0 Å². The van der Waals surface area contributed by atoms with Gasteiger partial charge >= 0.3 is 12.2 Å². The Morgan fingerprint density at radius 1 is 1.19 bits per heavy atom. The smallest absolute Gasteiger partial charge is 0.323 e. The van der Waals surface area contributed by atoms with Gasteiger partial charge in [0, 0.05) is 19.3 Å². The molecule has 2 fully saturated rings. The summed E-state index contributed by atoms with van der Waals surface area (Å²) in [5.41, 5.74) is -2.17. The summed E-state index contributed by atoms with van der Waals surface area (Å²) in [6.07, 6.45) is -2.10. The van der Waals surface area contributed by atoms with Crippen LogP contribution >= 0.6 is 0 Å². The number of likely N-dealkylation sites (tertiary alicyclic amines) is 1. The molecule has 0 aromatic carbocycles. The van der Waals surface area contributed by atoms with E-state index in [2.05, 4.69) is 5.32 Å². The lowest BCUT2D eigenvalue weighted by molar-refractivity contribution is -0.202. The molecule has 2 rings (SSSR count). The highest BCUT2D eigenvalue weighted by Gasteiger charge is 2.56. The molecule has 0 bridgehead atoms. The minimum Gasteiger partial charge on any atom is -0.323 e. The van der Waals surface area contributed by atoms with Crippen LogP contribution in [-0.2, 0) is 9.84 Å². The van der Waals surface area contributed by atoms with Crippen LogP contribution in [0.1, 0.15) is 32.1 Å². The van der Waals surface area contributed by atoms with Gasteiger partial charge in [-0.1, -0.05) is 19.3 Å². The van der Waals surface area contributed by atoms with Crippen LogP contribution in [0.5, 0.6) is 0 Å². The van der Waals surface area contributed by atoms with Crippen molar-refractivity contribution in [2.75, 3.05) is 19.3 Å². The summed E-state index contributed by atoms with van der Waals surface area (Å²) in [6.45, 7) is -0.0861. The fourth-order valence-electron chi connectivity index (χ4n) is 2.79. The zero-order valence-corrected chi connectivity index (χ0v) is 12.6. The molecule has 2 aliphatic rings. The minimum absolute atomic E-state index is 0.0431. The van der Waals surface area contributed by atoms with Crippen molar-refractivity contribution in [3.05, 3.63) is 0 Å². The number of hydrogen-bond donors (Lipinski definition) is 1. The van der Waals surface area contributed by atoms with E-state index in [1.165, 1.54) is 0 Å². The second-order valence-electron chi connectivity index (χ2n) is 5.93. The Morgan fingerprint density at radius 3 is 2.14 bits per heavy atom. The third-order valence-corrected chi connectivity index (χ3v) is 5.85. The van der Waals surface area contributed by atoms with Crippen molar-refractivity contribution in [3.8, 4) is 0 Å². The van der Waals surface area contributed by atoms with Crippen molar-refractivity contribution in [1.82, 2.24) is 10.2 Å². The molecule has 1 aliphatic carbocycles. The molecule has 2 amide bonds. The molecular weight excluding hydrogens is 309 g/mol. The monoisotopic (exact) mass is 328 g/mol. The first-order valence-corrected chi connectivity index (χ1v) is 8.83. The van der Waals surface area contributed by atoms with Gasteiger partial charge < -0.3 is 10.2 Å². The summed E-state index contributed by atoms with van der Waals surface area (Å²) in [5, 5.41) is 1.44. The predicted octanol–water partition coefficient (Wildman–Crippen LogP) is 1.69. The van der Waals surface area contributed by atoms with Crippen LogP contribution in [0.15, 0.2) is 0 Å². The highest BCUT2D eigenvalue weighted by atomic mass is 32.2. The van der Waals surface area contributed by atoms with Gasteiger partial charge in [0.15, 0.2) is 9.84 Å². The molecule has 1 aliphatic heterocycles. The summed E-state index contributed by atoms with van der Waals surface area (Å²) in [4.78, 5) is 13.1. The van der Waals surface area contributed by atoms with Crippen molar-refractivity contribution in [2.45, 2.75) is 49.1 Å². The number of amides is 2. The molecule has 0 spiro atoms. The summed E-state index contributed by atoms with van der Waals surface area (Å²) >= 11 is 0. The molecule has 21 heavy (non-hydrogen) atoms. The van der Waals surface area contributed by atoms with Gasteiger partial charge in [-0.15, -0.1) is 0 Å². The maximum absolute atomic E-state index is 13.3. The van der Waals surface area contributed by atoms with E-state index in [0.717, 1.165) is 17.6 Å². The second kappa shape index (κ2) is 5.33. The van der Waals surface area contributed by atoms with Gasteiger partial charge in [-0.05, 0) is 12.8 Å². The average Bonchev–Trinajstić information content (AvgIpc) is 2.24. The largest absolute Gasteiger partial charge is 0.411 e. The van der Waals surface area contributed by atoms with E-state index in [1.54, 1.807) is 0 Å². The normalized spacial score (nSPS) is 23.5. The Labute approximate surface area is 121 Å². The molecule has 0 unspecified atom stereocenters. The quantitative estimate of drug-likeness (QED) is 0.839. The van der Waals surface area contributed by atoms with E-state index in [-0.39, 0.29) is 25.9 Å². The van der Waals surface area contributed by atoms with E-state index in [0.29, 0.717) is 12.8 Å². The Morgan fingerprint density at radius 2 is 1.71 bits per heavy atom. The predicted molar refractivity (Wildman–Crippen MR) is 70.6 cm³/mol. The molecule has 0 atom stereocenters. The number of halogens is 3. The van der Waals surface area contributed by atoms with E-state index >= 15 is 0 Å². The Bertz CT molecular complexity index is 506. The molecule has 1 heterocycles. The van der Waals surface area contributed by atoms with Crippen LogP contribution in [0.25, 0.3) is 0 Å². The number of urea groups is 1. The van der Waals surface area contributed by atoms with Crippen molar-refractivity contribution in [3.63, 3.8) is 0 Å². The Kier molecular flexibility index (Phi) is 4.16. The second-order valence-corrected chi connectivity index (χ2v) is 8.25. The van der Waals surface area contributed by atoms with Crippen LogP contribution < -0.4 is 5.32 Å². The van der Waals surface area contributed by atoms with Crippen LogP contribution in [-0.4, -0.2) is 55.7 Å². The van der Waals surface area contributed by atoms with Crippen molar-refractivity contribution in [2.24, 2.45) is 0 Å². The fourth-order valence-corrected chi connectivity index (χ4v) is 3.69. The van der Waals surface area contributed by atoms with E-state index < -0.39 is 32.8 Å². The molecular formula is C12H19F3N2O3S. The number of sulfone groups is 1. The standard InChI is InChI=1S/C12H19F3N2O3S/c1-21(19,20)9-7-17(8-9)10(18)16-11(12(13,14)15)5-3-2-4-6-11/h9H,2-8H2,1H3,(H,16,18). The first-order chi connectivity index (χ1) is 9.55. The molecule has 0 radical (unpaired) electrons. The molecule has 9 heteroatoms. The maximum Gasteiger partial charge on any atom is 0.411 e. The van der Waals surface area contributed by atoms with E-state index in [1.807, 2.05) is 0 Å². The maximum atomic E-state index is 13.3. The fraction of sp³-hybridized carbons (Fsp3) is 0.917. The van der Waals surface area contributed by atoms with E-state index in [4.69, 9.17) is 0 Å².